The maximum atomic E-state index is 12.2. The number of amides is 1. The first kappa shape index (κ1) is 17.4. The minimum absolute atomic E-state index is 0.361. The summed E-state index contributed by atoms with van der Waals surface area (Å²) >= 11 is 0. The van der Waals surface area contributed by atoms with Crippen LogP contribution in [0.4, 0.5) is 23.8 Å². The van der Waals surface area contributed by atoms with Crippen LogP contribution >= 0.6 is 0 Å². The standard InChI is InChI=1S/C17H16F3N5O2/c18-17(19,20)9-24-16(26)27-11-3-6-25(8-11)15-13-10(1-4-22-15)7-23-14-12(13)2-5-21-14/h1-2,4-5,7,11H,3,6,8-9H2,(H,21,23)(H,24,26). The van der Waals surface area contributed by atoms with Crippen molar-refractivity contribution in [3.63, 3.8) is 0 Å². The minimum atomic E-state index is -4.47. The second kappa shape index (κ2) is 6.60. The van der Waals surface area contributed by atoms with E-state index in [1.54, 1.807) is 23.9 Å². The molecule has 1 aliphatic heterocycles. The van der Waals surface area contributed by atoms with E-state index in [1.807, 2.05) is 17.0 Å². The highest BCUT2D eigenvalue weighted by Gasteiger charge is 2.31. The number of fused-ring (bicyclic) bond motifs is 3. The number of H-pyrrole nitrogens is 1. The third-order valence-electron chi connectivity index (χ3n) is 4.44. The highest BCUT2D eigenvalue weighted by molar-refractivity contribution is 6.10. The van der Waals surface area contributed by atoms with Crippen molar-refractivity contribution in [1.82, 2.24) is 20.3 Å². The summed E-state index contributed by atoms with van der Waals surface area (Å²) in [5.41, 5.74) is 0.746. The predicted molar refractivity (Wildman–Crippen MR) is 92.6 cm³/mol. The average Bonchev–Trinajstić information content (AvgIpc) is 3.28. The number of rotatable bonds is 3. The Bertz CT molecular complexity index is 988. The van der Waals surface area contributed by atoms with Crippen molar-refractivity contribution in [2.75, 3.05) is 24.5 Å². The molecule has 0 saturated carbocycles. The number of alkyl carbamates (subject to hydrolysis) is 1. The SMILES string of the molecule is O=C(NCC(F)(F)F)OC1CCN(c2nccc3cnc4[nH]ccc4c23)C1. The number of nitrogens with zero attached hydrogens (tertiary/aromatic N) is 3. The summed E-state index contributed by atoms with van der Waals surface area (Å²) in [5.74, 6) is 0.737. The Kier molecular flexibility index (Phi) is 4.25. The number of pyridine rings is 2. The van der Waals surface area contributed by atoms with Crippen molar-refractivity contribution < 1.29 is 22.7 Å². The molecule has 4 heterocycles. The van der Waals surface area contributed by atoms with Gasteiger partial charge in [0.25, 0.3) is 0 Å². The van der Waals surface area contributed by atoms with Gasteiger partial charge in [-0.15, -0.1) is 0 Å². The second-order valence-corrected chi connectivity index (χ2v) is 6.33. The minimum Gasteiger partial charge on any atom is -0.444 e. The summed E-state index contributed by atoms with van der Waals surface area (Å²) < 4.78 is 41.6. The van der Waals surface area contributed by atoms with Crippen LogP contribution < -0.4 is 10.2 Å². The Balaban J connectivity index is 1.51. The first-order valence-electron chi connectivity index (χ1n) is 8.38. The number of carbonyl (C=O) groups is 1. The van der Waals surface area contributed by atoms with Crippen LogP contribution in [0, 0.1) is 0 Å². The van der Waals surface area contributed by atoms with Crippen LogP contribution in [0.5, 0.6) is 0 Å². The van der Waals surface area contributed by atoms with E-state index in [1.165, 1.54) is 0 Å². The zero-order valence-corrected chi connectivity index (χ0v) is 14.1. The van der Waals surface area contributed by atoms with Gasteiger partial charge in [0.05, 0.1) is 6.54 Å². The Morgan fingerprint density at radius 3 is 3.04 bits per heavy atom. The molecule has 3 aromatic rings. The van der Waals surface area contributed by atoms with Crippen molar-refractivity contribution in [2.24, 2.45) is 0 Å². The van der Waals surface area contributed by atoms with Gasteiger partial charge in [0.2, 0.25) is 0 Å². The summed E-state index contributed by atoms with van der Waals surface area (Å²) in [7, 11) is 0. The van der Waals surface area contributed by atoms with E-state index >= 15 is 0 Å². The lowest BCUT2D eigenvalue weighted by Gasteiger charge is -2.20. The van der Waals surface area contributed by atoms with Crippen molar-refractivity contribution in [1.29, 1.82) is 0 Å². The first-order valence-corrected chi connectivity index (χ1v) is 8.38. The van der Waals surface area contributed by atoms with Crippen LogP contribution in [0.15, 0.2) is 30.7 Å². The average molecular weight is 379 g/mol. The molecule has 1 unspecified atom stereocenters. The van der Waals surface area contributed by atoms with Crippen LogP contribution in [-0.4, -0.2) is 53.0 Å². The number of anilines is 1. The molecule has 0 radical (unpaired) electrons. The molecule has 1 amide bonds. The van der Waals surface area contributed by atoms with E-state index in [9.17, 15) is 18.0 Å². The molecule has 1 aliphatic rings. The van der Waals surface area contributed by atoms with Crippen molar-refractivity contribution in [2.45, 2.75) is 18.7 Å². The van der Waals surface area contributed by atoms with Gasteiger partial charge in [-0.25, -0.2) is 14.8 Å². The number of nitrogens with one attached hydrogen (secondary N) is 2. The molecule has 27 heavy (non-hydrogen) atoms. The third-order valence-corrected chi connectivity index (χ3v) is 4.44. The molecule has 7 nitrogen and oxygen atoms in total. The molecule has 142 valence electrons. The van der Waals surface area contributed by atoms with E-state index in [4.69, 9.17) is 4.74 Å². The third kappa shape index (κ3) is 3.60. The number of hydrogen-bond acceptors (Lipinski definition) is 5. The van der Waals surface area contributed by atoms with Gasteiger partial charge in [-0.05, 0) is 12.1 Å². The number of aromatic nitrogens is 3. The largest absolute Gasteiger partial charge is 0.444 e. The van der Waals surface area contributed by atoms with Gasteiger partial charge >= 0.3 is 12.3 Å². The fourth-order valence-electron chi connectivity index (χ4n) is 3.27. The maximum Gasteiger partial charge on any atom is 0.407 e. The quantitative estimate of drug-likeness (QED) is 0.731. The number of carbonyl (C=O) groups excluding carboxylic acids is 1. The number of hydrogen-bond donors (Lipinski definition) is 2. The van der Waals surface area contributed by atoms with Crippen LogP contribution in [0.2, 0.25) is 0 Å². The lowest BCUT2D eigenvalue weighted by Crippen LogP contribution is -2.36. The molecular weight excluding hydrogens is 363 g/mol. The van der Waals surface area contributed by atoms with Gasteiger partial charge in [0, 0.05) is 47.7 Å². The second-order valence-electron chi connectivity index (χ2n) is 6.33. The topological polar surface area (TPSA) is 83.1 Å². The molecule has 2 N–H and O–H groups in total. The van der Waals surface area contributed by atoms with Gasteiger partial charge in [-0.3, -0.25) is 0 Å². The number of ether oxygens (including phenoxy) is 1. The fraction of sp³-hybridized carbons (Fsp3) is 0.353. The lowest BCUT2D eigenvalue weighted by molar-refractivity contribution is -0.124. The maximum absolute atomic E-state index is 12.2. The Morgan fingerprint density at radius 1 is 1.37 bits per heavy atom. The molecule has 1 fully saturated rings. The van der Waals surface area contributed by atoms with E-state index in [0.29, 0.717) is 19.5 Å². The van der Waals surface area contributed by atoms with Crippen LogP contribution in [0.1, 0.15) is 6.42 Å². The molecule has 0 aliphatic carbocycles. The highest BCUT2D eigenvalue weighted by atomic mass is 19.4. The van der Waals surface area contributed by atoms with Crippen LogP contribution in [-0.2, 0) is 4.74 Å². The van der Waals surface area contributed by atoms with E-state index in [2.05, 4.69) is 15.0 Å². The van der Waals surface area contributed by atoms with Gasteiger partial charge in [0.15, 0.2) is 0 Å². The van der Waals surface area contributed by atoms with Crippen LogP contribution in [0.3, 0.4) is 0 Å². The molecule has 0 aromatic carbocycles. The number of alkyl halides is 3. The normalized spacial score (nSPS) is 17.6. The molecule has 3 aromatic heterocycles. The van der Waals surface area contributed by atoms with Gasteiger partial charge in [-0.2, -0.15) is 13.2 Å². The molecule has 0 bridgehead atoms. The Hall–Kier alpha value is -3.04. The molecule has 1 saturated heterocycles. The summed E-state index contributed by atoms with van der Waals surface area (Å²) in [6.07, 6.45) is -0.283. The molecule has 1 atom stereocenters. The van der Waals surface area contributed by atoms with E-state index in [0.717, 1.165) is 27.6 Å². The Labute approximate surface area is 151 Å². The zero-order chi connectivity index (χ0) is 19.0. The number of halogens is 3. The lowest BCUT2D eigenvalue weighted by atomic mass is 10.1. The molecule has 4 rings (SSSR count). The van der Waals surface area contributed by atoms with Crippen molar-refractivity contribution in [3.05, 3.63) is 30.7 Å². The number of aromatic amines is 1. The monoisotopic (exact) mass is 379 g/mol. The van der Waals surface area contributed by atoms with Crippen molar-refractivity contribution >= 4 is 33.7 Å². The van der Waals surface area contributed by atoms with Gasteiger partial charge in [0.1, 0.15) is 24.1 Å². The fourth-order valence-corrected chi connectivity index (χ4v) is 3.27. The van der Waals surface area contributed by atoms with E-state index < -0.39 is 24.9 Å². The van der Waals surface area contributed by atoms with Crippen LogP contribution in [0.25, 0.3) is 21.8 Å². The zero-order valence-electron chi connectivity index (χ0n) is 14.1. The summed E-state index contributed by atoms with van der Waals surface area (Å²) in [6.45, 7) is -0.469. The van der Waals surface area contributed by atoms with Crippen molar-refractivity contribution in [3.8, 4) is 0 Å². The van der Waals surface area contributed by atoms with Gasteiger partial charge in [-0.1, -0.05) is 0 Å². The smallest absolute Gasteiger partial charge is 0.407 e. The molecular formula is C17H16F3N5O2. The predicted octanol–water partition coefficient (Wildman–Crippen LogP) is 2.98. The molecule has 10 heteroatoms. The molecule has 0 spiro atoms. The summed E-state index contributed by atoms with van der Waals surface area (Å²) in [6, 6.07) is 3.79. The van der Waals surface area contributed by atoms with Gasteiger partial charge < -0.3 is 19.9 Å². The summed E-state index contributed by atoms with van der Waals surface area (Å²) in [5, 5.41) is 4.52. The Morgan fingerprint density at radius 2 is 2.22 bits per heavy atom. The summed E-state index contributed by atoms with van der Waals surface area (Å²) in [4.78, 5) is 25.4. The highest BCUT2D eigenvalue weighted by Crippen LogP contribution is 2.32. The van der Waals surface area contributed by atoms with E-state index in [-0.39, 0.29) is 0 Å². The first-order chi connectivity index (χ1) is 12.9.